The van der Waals surface area contributed by atoms with E-state index in [1.54, 1.807) is 7.11 Å². The zero-order chi connectivity index (χ0) is 19.5. The van der Waals surface area contributed by atoms with E-state index in [4.69, 9.17) is 9.47 Å². The molecule has 28 heavy (non-hydrogen) atoms. The highest BCUT2D eigenvalue weighted by atomic mass is 32.1. The molecule has 8 heteroatoms. The molecule has 0 atom stereocenters. The number of thiazole rings is 1. The highest BCUT2D eigenvalue weighted by Crippen LogP contribution is 2.23. The Kier molecular flexibility index (Phi) is 5.52. The summed E-state index contributed by atoms with van der Waals surface area (Å²) in [5.74, 6) is 0.527. The molecule has 0 bridgehead atoms. The number of hydrogen-bond donors (Lipinski definition) is 1. The summed E-state index contributed by atoms with van der Waals surface area (Å²) < 4.78 is 10.6. The largest absolute Gasteiger partial charge is 0.497 e. The second-order valence-electron chi connectivity index (χ2n) is 6.67. The van der Waals surface area contributed by atoms with Crippen molar-refractivity contribution in [1.29, 1.82) is 0 Å². The molecule has 1 aliphatic heterocycles. The first kappa shape index (κ1) is 18.8. The lowest BCUT2D eigenvalue weighted by molar-refractivity contribution is 0.0337. The number of aryl methyl sites for hydroxylation is 1. The Bertz CT molecular complexity index is 998. The van der Waals surface area contributed by atoms with E-state index in [9.17, 15) is 4.79 Å². The number of pyridine rings is 1. The Morgan fingerprint density at radius 1 is 1.29 bits per heavy atom. The minimum atomic E-state index is -0.206. The van der Waals surface area contributed by atoms with Crippen molar-refractivity contribution >= 4 is 33.3 Å². The number of benzene rings is 1. The molecule has 0 aliphatic carbocycles. The maximum absolute atomic E-state index is 12.8. The monoisotopic (exact) mass is 398 g/mol. The molecule has 0 saturated carbocycles. The molecule has 0 unspecified atom stereocenters. The number of morpholine rings is 1. The summed E-state index contributed by atoms with van der Waals surface area (Å²) in [5.41, 5.74) is 3.00. The number of amides is 1. The van der Waals surface area contributed by atoms with Crippen molar-refractivity contribution in [2.45, 2.75) is 13.5 Å². The van der Waals surface area contributed by atoms with Crippen LogP contribution in [0.3, 0.4) is 0 Å². The molecule has 0 radical (unpaired) electrons. The van der Waals surface area contributed by atoms with Gasteiger partial charge in [0, 0.05) is 30.4 Å². The van der Waals surface area contributed by atoms with Crippen molar-refractivity contribution < 1.29 is 14.3 Å². The molecule has 1 N–H and O–H groups in total. The smallest absolute Gasteiger partial charge is 0.259 e. The number of hydrogen-bond acceptors (Lipinski definition) is 7. The van der Waals surface area contributed by atoms with Gasteiger partial charge in [-0.3, -0.25) is 20.0 Å². The summed E-state index contributed by atoms with van der Waals surface area (Å²) in [6, 6.07) is 7.47. The van der Waals surface area contributed by atoms with Crippen LogP contribution in [0.1, 0.15) is 21.7 Å². The summed E-state index contributed by atoms with van der Waals surface area (Å²) in [4.78, 5) is 24.2. The van der Waals surface area contributed by atoms with Gasteiger partial charge in [-0.05, 0) is 31.2 Å². The van der Waals surface area contributed by atoms with Gasteiger partial charge in [0.25, 0.3) is 5.91 Å². The van der Waals surface area contributed by atoms with Crippen LogP contribution in [-0.2, 0) is 11.3 Å². The predicted octanol–water partition coefficient (Wildman–Crippen LogP) is 3.09. The van der Waals surface area contributed by atoms with Crippen molar-refractivity contribution in [3.8, 4) is 5.75 Å². The number of ether oxygens (including phenoxy) is 2. The highest BCUT2D eigenvalue weighted by molar-refractivity contribution is 7.14. The van der Waals surface area contributed by atoms with Gasteiger partial charge < -0.3 is 9.47 Å². The molecule has 4 rings (SSSR count). The van der Waals surface area contributed by atoms with Gasteiger partial charge in [-0.15, -0.1) is 11.3 Å². The first-order valence-electron chi connectivity index (χ1n) is 9.13. The van der Waals surface area contributed by atoms with E-state index in [0.717, 1.165) is 55.2 Å². The van der Waals surface area contributed by atoms with Crippen LogP contribution in [0.4, 0.5) is 5.13 Å². The molecule has 3 aromatic rings. The average molecular weight is 398 g/mol. The van der Waals surface area contributed by atoms with Crippen LogP contribution in [0.2, 0.25) is 0 Å². The molecule has 1 aliphatic rings. The summed E-state index contributed by atoms with van der Waals surface area (Å²) in [6.45, 7) is 5.94. The van der Waals surface area contributed by atoms with Gasteiger partial charge in [-0.25, -0.2) is 4.98 Å². The van der Waals surface area contributed by atoms with Gasteiger partial charge >= 0.3 is 0 Å². The van der Waals surface area contributed by atoms with E-state index in [0.29, 0.717) is 16.4 Å². The van der Waals surface area contributed by atoms with Crippen molar-refractivity contribution in [3.63, 3.8) is 0 Å². The number of rotatable bonds is 5. The maximum atomic E-state index is 12.8. The Balaban J connectivity index is 1.49. The topological polar surface area (TPSA) is 76.6 Å². The molecule has 2 aromatic heterocycles. The number of nitrogens with zero attached hydrogens (tertiary/aromatic N) is 3. The Morgan fingerprint density at radius 2 is 2.11 bits per heavy atom. The number of methoxy groups -OCH3 is 1. The molecule has 1 saturated heterocycles. The third-order valence-corrected chi connectivity index (χ3v) is 5.53. The van der Waals surface area contributed by atoms with Crippen molar-refractivity contribution in [2.75, 3.05) is 38.7 Å². The third-order valence-electron chi connectivity index (χ3n) is 4.72. The lowest BCUT2D eigenvalue weighted by atomic mass is 10.1. The van der Waals surface area contributed by atoms with E-state index in [-0.39, 0.29) is 5.91 Å². The Morgan fingerprint density at radius 3 is 2.89 bits per heavy atom. The summed E-state index contributed by atoms with van der Waals surface area (Å²) in [5, 5.41) is 6.35. The zero-order valence-corrected chi connectivity index (χ0v) is 16.7. The first-order chi connectivity index (χ1) is 13.6. The normalized spacial score (nSPS) is 14.9. The van der Waals surface area contributed by atoms with Gasteiger partial charge in [0.1, 0.15) is 5.75 Å². The fraction of sp³-hybridized carbons (Fsp3) is 0.350. The van der Waals surface area contributed by atoms with Crippen LogP contribution < -0.4 is 10.1 Å². The molecular formula is C20H22N4O3S. The van der Waals surface area contributed by atoms with Crippen LogP contribution in [0.5, 0.6) is 5.75 Å². The quantitative estimate of drug-likeness (QED) is 0.712. The van der Waals surface area contributed by atoms with Gasteiger partial charge in [0.15, 0.2) is 5.13 Å². The van der Waals surface area contributed by atoms with E-state index < -0.39 is 0 Å². The van der Waals surface area contributed by atoms with Crippen LogP contribution >= 0.6 is 11.3 Å². The minimum Gasteiger partial charge on any atom is -0.497 e. The highest BCUT2D eigenvalue weighted by Gasteiger charge is 2.16. The van der Waals surface area contributed by atoms with Crippen molar-refractivity contribution in [2.24, 2.45) is 0 Å². The van der Waals surface area contributed by atoms with Crippen molar-refractivity contribution in [1.82, 2.24) is 14.9 Å². The predicted molar refractivity (Wildman–Crippen MR) is 109 cm³/mol. The molecule has 7 nitrogen and oxygen atoms in total. The average Bonchev–Trinajstić information content (AvgIpc) is 3.14. The number of aromatic nitrogens is 2. The molecule has 1 fully saturated rings. The molecule has 146 valence electrons. The maximum Gasteiger partial charge on any atom is 0.259 e. The lowest BCUT2D eigenvalue weighted by Gasteiger charge is -2.25. The van der Waals surface area contributed by atoms with Crippen LogP contribution in [-0.4, -0.2) is 54.2 Å². The van der Waals surface area contributed by atoms with Crippen LogP contribution in [0, 0.1) is 6.92 Å². The first-order valence-corrected chi connectivity index (χ1v) is 10.0. The third kappa shape index (κ3) is 4.14. The molecule has 1 aromatic carbocycles. The van der Waals surface area contributed by atoms with E-state index in [2.05, 4.69) is 20.2 Å². The summed E-state index contributed by atoms with van der Waals surface area (Å²) in [6.07, 6.45) is 0. The fourth-order valence-electron chi connectivity index (χ4n) is 3.20. The molecule has 1 amide bonds. The van der Waals surface area contributed by atoms with Gasteiger partial charge in [-0.1, -0.05) is 0 Å². The Hall–Kier alpha value is -2.55. The summed E-state index contributed by atoms with van der Waals surface area (Å²) in [7, 11) is 1.62. The van der Waals surface area contributed by atoms with Gasteiger partial charge in [0.05, 0.1) is 42.8 Å². The number of nitrogens with one attached hydrogen (secondary N) is 1. The van der Waals surface area contributed by atoms with Crippen LogP contribution in [0.15, 0.2) is 29.6 Å². The second kappa shape index (κ2) is 8.22. The Labute approximate surface area is 167 Å². The molecule has 3 heterocycles. The molecule has 0 spiro atoms. The number of fused-ring (bicyclic) bond motifs is 1. The fourth-order valence-corrected chi connectivity index (χ4v) is 3.89. The SMILES string of the molecule is COc1ccc2nc(C)c(C(=O)Nc3nc(CN4CCOCC4)cs3)cc2c1. The second-order valence-corrected chi connectivity index (χ2v) is 7.52. The van der Waals surface area contributed by atoms with Crippen LogP contribution in [0.25, 0.3) is 10.9 Å². The summed E-state index contributed by atoms with van der Waals surface area (Å²) >= 11 is 1.44. The molecular weight excluding hydrogens is 376 g/mol. The number of anilines is 1. The van der Waals surface area contributed by atoms with E-state index in [1.165, 1.54) is 11.3 Å². The van der Waals surface area contributed by atoms with E-state index in [1.807, 2.05) is 36.6 Å². The standard InChI is InChI=1S/C20H22N4O3S/c1-13-17(10-14-9-16(26-2)3-4-18(14)21-13)19(25)23-20-22-15(12-28-20)11-24-5-7-27-8-6-24/h3-4,9-10,12H,5-8,11H2,1-2H3,(H,22,23,25). The number of carbonyl (C=O) groups is 1. The number of carbonyl (C=O) groups excluding carboxylic acids is 1. The minimum absolute atomic E-state index is 0.206. The zero-order valence-electron chi connectivity index (χ0n) is 15.9. The van der Waals surface area contributed by atoms with Gasteiger partial charge in [0.2, 0.25) is 0 Å². The lowest BCUT2D eigenvalue weighted by Crippen LogP contribution is -2.35. The van der Waals surface area contributed by atoms with Crippen molar-refractivity contribution in [3.05, 3.63) is 46.6 Å². The van der Waals surface area contributed by atoms with E-state index >= 15 is 0 Å². The van der Waals surface area contributed by atoms with Gasteiger partial charge in [-0.2, -0.15) is 0 Å².